The minimum absolute atomic E-state index is 0.0734. The summed E-state index contributed by atoms with van der Waals surface area (Å²) in [5.41, 5.74) is 5.88. The lowest BCUT2D eigenvalue weighted by molar-refractivity contribution is 0.0953. The summed E-state index contributed by atoms with van der Waals surface area (Å²) >= 11 is 0. The van der Waals surface area contributed by atoms with Crippen LogP contribution < -0.4 is 11.1 Å². The van der Waals surface area contributed by atoms with E-state index in [1.807, 2.05) is 0 Å². The van der Waals surface area contributed by atoms with Gasteiger partial charge in [0.1, 0.15) is 0 Å². The third-order valence-electron chi connectivity index (χ3n) is 4.80. The Bertz CT molecular complexity index is 653. The first-order valence-corrected chi connectivity index (χ1v) is 10.5. The zero-order valence-electron chi connectivity index (χ0n) is 14.9. The van der Waals surface area contributed by atoms with Gasteiger partial charge >= 0.3 is 0 Å². The van der Waals surface area contributed by atoms with E-state index >= 15 is 0 Å². The molecule has 1 aliphatic rings. The van der Waals surface area contributed by atoms with Gasteiger partial charge in [-0.2, -0.15) is 4.31 Å². The van der Waals surface area contributed by atoms with Crippen LogP contribution in [-0.4, -0.2) is 44.8 Å². The molecule has 1 amide bonds. The van der Waals surface area contributed by atoms with Crippen LogP contribution in [0.3, 0.4) is 0 Å². The molecule has 1 aromatic rings. The first kappa shape index (κ1) is 19.9. The molecule has 0 spiro atoms. The van der Waals surface area contributed by atoms with Crippen molar-refractivity contribution in [3.05, 3.63) is 29.8 Å². The molecule has 1 aromatic carbocycles. The molecule has 0 saturated heterocycles. The molecular formula is C18H29N3O3S. The highest BCUT2D eigenvalue weighted by molar-refractivity contribution is 7.89. The predicted molar refractivity (Wildman–Crippen MR) is 98.9 cm³/mol. The van der Waals surface area contributed by atoms with Gasteiger partial charge in [-0.05, 0) is 56.5 Å². The van der Waals surface area contributed by atoms with Crippen molar-refractivity contribution in [2.75, 3.05) is 20.1 Å². The Hall–Kier alpha value is -1.44. The Morgan fingerprint density at radius 1 is 1.16 bits per heavy atom. The second-order valence-electron chi connectivity index (χ2n) is 6.59. The van der Waals surface area contributed by atoms with Gasteiger partial charge in [-0.1, -0.05) is 19.3 Å². The second kappa shape index (κ2) is 9.31. The monoisotopic (exact) mass is 367 g/mol. The summed E-state index contributed by atoms with van der Waals surface area (Å²) in [5.74, 6) is -0.193. The molecule has 0 radical (unpaired) electrons. The van der Waals surface area contributed by atoms with Gasteiger partial charge in [0.15, 0.2) is 0 Å². The maximum absolute atomic E-state index is 12.8. The van der Waals surface area contributed by atoms with Crippen LogP contribution in [0.25, 0.3) is 0 Å². The van der Waals surface area contributed by atoms with Crippen LogP contribution in [0.1, 0.15) is 55.3 Å². The molecule has 0 bridgehead atoms. The summed E-state index contributed by atoms with van der Waals surface area (Å²) in [6.07, 6.45) is 6.87. The van der Waals surface area contributed by atoms with Crippen molar-refractivity contribution in [2.24, 2.45) is 5.73 Å². The van der Waals surface area contributed by atoms with Crippen LogP contribution in [0.5, 0.6) is 0 Å². The lowest BCUT2D eigenvalue weighted by Gasteiger charge is -2.30. The van der Waals surface area contributed by atoms with Crippen LogP contribution in [-0.2, 0) is 10.0 Å². The Labute approximate surface area is 150 Å². The number of sulfonamides is 1. The second-order valence-corrected chi connectivity index (χ2v) is 8.59. The number of rotatable bonds is 8. The number of hydrogen-bond donors (Lipinski definition) is 2. The zero-order valence-corrected chi connectivity index (χ0v) is 15.7. The highest BCUT2D eigenvalue weighted by Crippen LogP contribution is 2.26. The molecule has 25 heavy (non-hydrogen) atoms. The third-order valence-corrected chi connectivity index (χ3v) is 6.72. The van der Waals surface area contributed by atoms with E-state index in [4.69, 9.17) is 5.73 Å². The molecule has 2 rings (SSSR count). The summed E-state index contributed by atoms with van der Waals surface area (Å²) in [6.45, 7) is 1.18. The molecule has 0 atom stereocenters. The summed E-state index contributed by atoms with van der Waals surface area (Å²) in [6, 6.07) is 6.25. The van der Waals surface area contributed by atoms with E-state index in [2.05, 4.69) is 5.32 Å². The maximum Gasteiger partial charge on any atom is 0.251 e. The van der Waals surface area contributed by atoms with E-state index in [1.165, 1.54) is 22.9 Å². The van der Waals surface area contributed by atoms with Crippen LogP contribution in [0.15, 0.2) is 29.2 Å². The van der Waals surface area contributed by atoms with Crippen molar-refractivity contribution >= 4 is 15.9 Å². The maximum atomic E-state index is 12.8. The van der Waals surface area contributed by atoms with E-state index in [1.54, 1.807) is 19.2 Å². The number of unbranched alkanes of at least 4 members (excludes halogenated alkanes) is 1. The average molecular weight is 368 g/mol. The van der Waals surface area contributed by atoms with Crippen LogP contribution >= 0.6 is 0 Å². The minimum Gasteiger partial charge on any atom is -0.352 e. The summed E-state index contributed by atoms with van der Waals surface area (Å²) in [7, 11) is -1.86. The number of nitrogens with one attached hydrogen (secondary N) is 1. The Morgan fingerprint density at radius 3 is 2.40 bits per heavy atom. The van der Waals surface area contributed by atoms with E-state index in [0.717, 1.165) is 38.5 Å². The van der Waals surface area contributed by atoms with Gasteiger partial charge in [0.25, 0.3) is 5.91 Å². The number of amides is 1. The number of benzene rings is 1. The number of nitrogens with zero attached hydrogens (tertiary/aromatic N) is 1. The van der Waals surface area contributed by atoms with Gasteiger partial charge in [-0.25, -0.2) is 8.42 Å². The van der Waals surface area contributed by atoms with Crippen molar-refractivity contribution in [2.45, 2.75) is 55.9 Å². The van der Waals surface area contributed by atoms with Gasteiger partial charge in [0.2, 0.25) is 10.0 Å². The topological polar surface area (TPSA) is 92.5 Å². The fourth-order valence-electron chi connectivity index (χ4n) is 3.16. The van der Waals surface area contributed by atoms with Crippen LogP contribution in [0.2, 0.25) is 0 Å². The van der Waals surface area contributed by atoms with Crippen molar-refractivity contribution in [1.29, 1.82) is 0 Å². The molecule has 6 nitrogen and oxygen atoms in total. The first-order chi connectivity index (χ1) is 12.0. The third kappa shape index (κ3) is 5.26. The lowest BCUT2D eigenvalue weighted by Crippen LogP contribution is -2.38. The van der Waals surface area contributed by atoms with Crippen molar-refractivity contribution in [3.8, 4) is 0 Å². The molecule has 0 aliphatic heterocycles. The van der Waals surface area contributed by atoms with Crippen LogP contribution in [0, 0.1) is 0 Å². The molecule has 1 fully saturated rings. The number of nitrogens with two attached hydrogens (primary N) is 1. The highest BCUT2D eigenvalue weighted by Gasteiger charge is 2.29. The van der Waals surface area contributed by atoms with E-state index in [9.17, 15) is 13.2 Å². The molecule has 1 saturated carbocycles. The highest BCUT2D eigenvalue weighted by atomic mass is 32.2. The number of carbonyl (C=O) groups excluding carboxylic acids is 1. The van der Waals surface area contributed by atoms with Gasteiger partial charge in [-0.3, -0.25) is 4.79 Å². The van der Waals surface area contributed by atoms with E-state index in [-0.39, 0.29) is 16.8 Å². The predicted octanol–water partition coefficient (Wildman–Crippen LogP) is 2.11. The SMILES string of the molecule is CN(C1CCCCC1)S(=O)(=O)c1ccc(C(=O)NCCCCN)cc1. The Balaban J connectivity index is 2.01. The first-order valence-electron chi connectivity index (χ1n) is 9.03. The summed E-state index contributed by atoms with van der Waals surface area (Å²) < 4.78 is 27.0. The van der Waals surface area contributed by atoms with E-state index < -0.39 is 10.0 Å². The molecule has 7 heteroatoms. The normalized spacial score (nSPS) is 16.1. The lowest BCUT2D eigenvalue weighted by atomic mass is 9.96. The average Bonchev–Trinajstić information content (AvgIpc) is 2.65. The molecule has 0 unspecified atom stereocenters. The molecule has 140 valence electrons. The molecule has 0 heterocycles. The standard InChI is InChI=1S/C18H29N3O3S/c1-21(16-7-3-2-4-8-16)25(23,24)17-11-9-15(10-12-17)18(22)20-14-6-5-13-19/h9-12,16H,2-8,13-14,19H2,1H3,(H,20,22). The van der Waals surface area contributed by atoms with Crippen molar-refractivity contribution < 1.29 is 13.2 Å². The van der Waals surface area contributed by atoms with Gasteiger partial charge in [0.05, 0.1) is 4.90 Å². The van der Waals surface area contributed by atoms with Gasteiger partial charge < -0.3 is 11.1 Å². The minimum atomic E-state index is -3.52. The Morgan fingerprint density at radius 2 is 1.80 bits per heavy atom. The van der Waals surface area contributed by atoms with Crippen molar-refractivity contribution in [1.82, 2.24) is 9.62 Å². The summed E-state index contributed by atoms with van der Waals surface area (Å²) in [4.78, 5) is 12.3. The van der Waals surface area contributed by atoms with Crippen molar-refractivity contribution in [3.63, 3.8) is 0 Å². The molecule has 3 N–H and O–H groups in total. The van der Waals surface area contributed by atoms with Crippen LogP contribution in [0.4, 0.5) is 0 Å². The zero-order chi connectivity index (χ0) is 18.3. The van der Waals surface area contributed by atoms with Gasteiger partial charge in [-0.15, -0.1) is 0 Å². The van der Waals surface area contributed by atoms with Gasteiger partial charge in [0, 0.05) is 25.2 Å². The number of hydrogen-bond acceptors (Lipinski definition) is 4. The summed E-state index contributed by atoms with van der Waals surface area (Å²) in [5, 5.41) is 2.81. The number of carbonyl (C=O) groups is 1. The molecular weight excluding hydrogens is 338 g/mol. The largest absolute Gasteiger partial charge is 0.352 e. The quantitative estimate of drug-likeness (QED) is 0.688. The fourth-order valence-corrected chi connectivity index (χ4v) is 4.57. The molecule has 0 aromatic heterocycles. The smallest absolute Gasteiger partial charge is 0.251 e. The van der Waals surface area contributed by atoms with E-state index in [0.29, 0.717) is 18.7 Å². The Kier molecular flexibility index (Phi) is 7.40. The molecule has 1 aliphatic carbocycles. The fraction of sp³-hybridized carbons (Fsp3) is 0.611.